The Hall–Kier alpha value is -4.29. The fraction of sp³-hybridized carbons (Fsp3) is 0.360. The summed E-state index contributed by atoms with van der Waals surface area (Å²) in [6.45, 7) is 6.00. The third kappa shape index (κ3) is 4.59. The van der Waals surface area contributed by atoms with Crippen LogP contribution in [-0.2, 0) is 18.3 Å². The predicted molar refractivity (Wildman–Crippen MR) is 133 cm³/mol. The minimum Gasteiger partial charge on any atom is -0.355 e. The van der Waals surface area contributed by atoms with Crippen molar-refractivity contribution in [2.24, 2.45) is 0 Å². The van der Waals surface area contributed by atoms with Crippen molar-refractivity contribution < 1.29 is 22.8 Å². The molecule has 38 heavy (non-hydrogen) atoms. The van der Waals surface area contributed by atoms with Gasteiger partial charge in [0.25, 0.3) is 5.91 Å². The van der Waals surface area contributed by atoms with Gasteiger partial charge in [-0.05, 0) is 44.2 Å². The summed E-state index contributed by atoms with van der Waals surface area (Å²) in [4.78, 5) is 46.1. The molecule has 4 heterocycles. The summed E-state index contributed by atoms with van der Waals surface area (Å²) in [7, 11) is 0. The molecule has 1 saturated heterocycles. The smallest absolute Gasteiger partial charge is 0.355 e. The lowest BCUT2D eigenvalue weighted by Crippen LogP contribution is -2.55. The van der Waals surface area contributed by atoms with Gasteiger partial charge in [-0.15, -0.1) is 0 Å². The first-order valence-corrected chi connectivity index (χ1v) is 12.0. The van der Waals surface area contributed by atoms with Crippen LogP contribution in [0.1, 0.15) is 41.0 Å². The number of piperazine rings is 1. The van der Waals surface area contributed by atoms with Crippen LogP contribution in [0.5, 0.6) is 0 Å². The Kier molecular flexibility index (Phi) is 6.16. The Labute approximate surface area is 215 Å². The average molecular weight is 530 g/mol. The van der Waals surface area contributed by atoms with Crippen LogP contribution in [0, 0.1) is 0 Å². The molecule has 0 saturated carbocycles. The Morgan fingerprint density at radius 3 is 2.34 bits per heavy atom. The van der Waals surface area contributed by atoms with Gasteiger partial charge in [-0.3, -0.25) is 14.7 Å². The van der Waals surface area contributed by atoms with E-state index in [0.29, 0.717) is 43.3 Å². The summed E-state index contributed by atoms with van der Waals surface area (Å²) in [5.74, 6) is 0.331. The molecule has 1 aromatic carbocycles. The molecule has 0 aliphatic carbocycles. The molecule has 0 spiro atoms. The van der Waals surface area contributed by atoms with Crippen LogP contribution in [0.15, 0.2) is 47.3 Å². The minimum atomic E-state index is -4.49. The van der Waals surface area contributed by atoms with Gasteiger partial charge < -0.3 is 25.0 Å². The van der Waals surface area contributed by atoms with Crippen LogP contribution < -0.4 is 15.8 Å². The van der Waals surface area contributed by atoms with E-state index in [4.69, 9.17) is 0 Å². The molecular formula is C25H26F3N7O3. The quantitative estimate of drug-likeness (QED) is 0.481. The van der Waals surface area contributed by atoms with E-state index in [2.05, 4.69) is 20.5 Å². The number of pyridine rings is 1. The molecule has 1 fully saturated rings. The molecule has 0 unspecified atom stereocenters. The van der Waals surface area contributed by atoms with Crippen LogP contribution in [0.4, 0.5) is 29.6 Å². The maximum Gasteiger partial charge on any atom is 0.416 e. The lowest BCUT2D eigenvalue weighted by molar-refractivity contribution is -0.137. The van der Waals surface area contributed by atoms with Crippen LogP contribution in [0.2, 0.25) is 0 Å². The van der Waals surface area contributed by atoms with Gasteiger partial charge in [0.2, 0.25) is 5.56 Å². The topological polar surface area (TPSA) is 117 Å². The zero-order chi connectivity index (χ0) is 27.2. The van der Waals surface area contributed by atoms with Gasteiger partial charge in [0.05, 0.1) is 23.3 Å². The lowest BCUT2D eigenvalue weighted by atomic mass is 10.0. The van der Waals surface area contributed by atoms with Crippen molar-refractivity contribution in [1.82, 2.24) is 25.0 Å². The molecule has 0 atom stereocenters. The fourth-order valence-electron chi connectivity index (χ4n) is 4.85. The van der Waals surface area contributed by atoms with Gasteiger partial charge in [0.15, 0.2) is 5.82 Å². The molecule has 3 aromatic rings. The number of fused-ring (bicyclic) bond motifs is 1. The van der Waals surface area contributed by atoms with E-state index in [0.717, 1.165) is 24.3 Å². The van der Waals surface area contributed by atoms with Crippen molar-refractivity contribution >= 4 is 23.6 Å². The summed E-state index contributed by atoms with van der Waals surface area (Å²) in [6.07, 6.45) is -4.49. The number of benzene rings is 1. The SMILES string of the molecule is CC1(C)c2[nH]nc(NC(=O)c3ccc(C(F)(F)F)cc3)c2CN1C(=O)N1CCN(c2cccc(=O)[nH]2)CC1. The highest BCUT2D eigenvalue weighted by Gasteiger charge is 2.45. The highest BCUT2D eigenvalue weighted by Crippen LogP contribution is 2.41. The number of carbonyl (C=O) groups is 2. The van der Waals surface area contributed by atoms with Crippen molar-refractivity contribution in [2.75, 3.05) is 36.4 Å². The number of anilines is 2. The molecule has 2 aliphatic heterocycles. The van der Waals surface area contributed by atoms with E-state index < -0.39 is 23.2 Å². The van der Waals surface area contributed by atoms with Gasteiger partial charge in [-0.25, -0.2) is 4.79 Å². The molecular weight excluding hydrogens is 503 g/mol. The second kappa shape index (κ2) is 9.23. The van der Waals surface area contributed by atoms with Crippen molar-refractivity contribution in [3.05, 3.63) is 75.2 Å². The van der Waals surface area contributed by atoms with Crippen LogP contribution >= 0.6 is 0 Å². The first-order valence-electron chi connectivity index (χ1n) is 12.0. The van der Waals surface area contributed by atoms with Crippen molar-refractivity contribution in [1.29, 1.82) is 0 Å². The van der Waals surface area contributed by atoms with E-state index in [1.165, 1.54) is 6.07 Å². The number of nitrogens with zero attached hydrogens (tertiary/aromatic N) is 4. The molecule has 2 aromatic heterocycles. The number of rotatable bonds is 3. The number of nitrogens with one attached hydrogen (secondary N) is 3. The number of carbonyl (C=O) groups excluding carboxylic acids is 2. The van der Waals surface area contributed by atoms with Gasteiger partial charge in [-0.1, -0.05) is 6.07 Å². The van der Waals surface area contributed by atoms with Gasteiger partial charge in [-0.2, -0.15) is 18.3 Å². The van der Waals surface area contributed by atoms with Crippen molar-refractivity contribution in [3.8, 4) is 0 Å². The van der Waals surface area contributed by atoms with Crippen LogP contribution in [0.25, 0.3) is 0 Å². The molecule has 2 aliphatic rings. The summed E-state index contributed by atoms with van der Waals surface area (Å²) in [5.41, 5.74) is -0.395. The summed E-state index contributed by atoms with van der Waals surface area (Å²) in [6, 6.07) is 8.70. The zero-order valence-electron chi connectivity index (χ0n) is 20.7. The number of amides is 3. The van der Waals surface area contributed by atoms with Crippen LogP contribution in [-0.4, -0.2) is 63.1 Å². The zero-order valence-corrected chi connectivity index (χ0v) is 20.7. The van der Waals surface area contributed by atoms with Crippen LogP contribution in [0.3, 0.4) is 0 Å². The van der Waals surface area contributed by atoms with E-state index in [-0.39, 0.29) is 29.5 Å². The third-order valence-corrected chi connectivity index (χ3v) is 7.05. The largest absolute Gasteiger partial charge is 0.416 e. The number of urea groups is 1. The van der Waals surface area contributed by atoms with Gasteiger partial charge in [0.1, 0.15) is 5.82 Å². The minimum absolute atomic E-state index is 0.0533. The Balaban J connectivity index is 1.26. The van der Waals surface area contributed by atoms with E-state index in [1.54, 1.807) is 15.9 Å². The molecule has 3 amide bonds. The second-order valence-electron chi connectivity index (χ2n) is 9.76. The molecule has 5 rings (SSSR count). The maximum absolute atomic E-state index is 13.5. The number of hydrogen-bond donors (Lipinski definition) is 3. The number of alkyl halides is 3. The summed E-state index contributed by atoms with van der Waals surface area (Å²) in [5, 5.41) is 9.76. The van der Waals surface area contributed by atoms with E-state index >= 15 is 0 Å². The normalized spacial score (nSPS) is 16.9. The number of halogens is 3. The third-order valence-electron chi connectivity index (χ3n) is 7.05. The number of H-pyrrole nitrogens is 2. The molecule has 0 bridgehead atoms. The number of hydrogen-bond acceptors (Lipinski definition) is 5. The molecule has 3 N–H and O–H groups in total. The highest BCUT2D eigenvalue weighted by atomic mass is 19.4. The second-order valence-corrected chi connectivity index (χ2v) is 9.76. The summed E-state index contributed by atoms with van der Waals surface area (Å²) < 4.78 is 38.5. The molecule has 13 heteroatoms. The van der Waals surface area contributed by atoms with Crippen molar-refractivity contribution in [3.63, 3.8) is 0 Å². The Morgan fingerprint density at radius 1 is 1.03 bits per heavy atom. The monoisotopic (exact) mass is 529 g/mol. The Morgan fingerprint density at radius 2 is 1.71 bits per heavy atom. The molecule has 200 valence electrons. The van der Waals surface area contributed by atoms with Crippen molar-refractivity contribution in [2.45, 2.75) is 32.1 Å². The summed E-state index contributed by atoms with van der Waals surface area (Å²) >= 11 is 0. The predicted octanol–water partition coefficient (Wildman–Crippen LogP) is 3.36. The maximum atomic E-state index is 13.5. The van der Waals surface area contributed by atoms with E-state index in [9.17, 15) is 27.6 Å². The van der Waals surface area contributed by atoms with Gasteiger partial charge in [0, 0.05) is 43.4 Å². The standard InChI is InChI=1S/C25H26F3N7O3/c1-24(2)20-17(21(32-31-20)30-22(37)15-6-8-16(9-7-15)25(26,27)28)14-35(24)23(38)34-12-10-33(11-13-34)18-4-3-5-19(36)29-18/h3-9H,10-14H2,1-2H3,(H,29,36)(H2,30,31,32,37). The number of aromatic amines is 2. The molecule has 10 nitrogen and oxygen atoms in total. The number of aromatic nitrogens is 3. The van der Waals surface area contributed by atoms with E-state index in [1.807, 2.05) is 24.8 Å². The van der Waals surface area contributed by atoms with Gasteiger partial charge >= 0.3 is 12.2 Å². The molecule has 0 radical (unpaired) electrons. The lowest BCUT2D eigenvalue weighted by Gasteiger charge is -2.40. The highest BCUT2D eigenvalue weighted by molar-refractivity contribution is 6.04. The first-order chi connectivity index (χ1) is 17.9. The first kappa shape index (κ1) is 25.4. The average Bonchev–Trinajstić information content (AvgIpc) is 3.41. The Bertz CT molecular complexity index is 1420. The fourth-order valence-corrected chi connectivity index (χ4v) is 4.85.